The minimum atomic E-state index is -0.134. The third kappa shape index (κ3) is 13.7. The zero-order valence-electron chi connectivity index (χ0n) is 14.6. The number of hydrogen-bond donors (Lipinski definition) is 2. The van der Waals surface area contributed by atoms with E-state index in [2.05, 4.69) is 34.2 Å². The summed E-state index contributed by atoms with van der Waals surface area (Å²) in [7, 11) is 3.19. The first-order valence-corrected chi connectivity index (χ1v) is 8.19. The van der Waals surface area contributed by atoms with Gasteiger partial charge in [-0.1, -0.05) is 20.3 Å². The Morgan fingerprint density at radius 3 is 2.36 bits per heavy atom. The molecule has 0 saturated carbocycles. The summed E-state index contributed by atoms with van der Waals surface area (Å²) in [5.74, 6) is 1.27. The Hall–Kier alpha value is -1.30. The van der Waals surface area contributed by atoms with Gasteiger partial charge in [-0.15, -0.1) is 0 Å². The van der Waals surface area contributed by atoms with Crippen molar-refractivity contribution in [2.24, 2.45) is 10.9 Å². The molecule has 0 aromatic rings. The van der Waals surface area contributed by atoms with Crippen LogP contribution in [0.4, 0.5) is 0 Å². The molecule has 0 aromatic carbocycles. The Labute approximate surface area is 135 Å². The maximum atomic E-state index is 11.0. The van der Waals surface area contributed by atoms with Crippen molar-refractivity contribution in [3.05, 3.63) is 0 Å². The molecule has 6 nitrogen and oxygen atoms in total. The van der Waals surface area contributed by atoms with Gasteiger partial charge in [-0.2, -0.15) is 0 Å². The Morgan fingerprint density at radius 2 is 1.77 bits per heavy atom. The highest BCUT2D eigenvalue weighted by molar-refractivity contribution is 5.79. The molecule has 0 aliphatic rings. The third-order valence-corrected chi connectivity index (χ3v) is 3.01. The van der Waals surface area contributed by atoms with E-state index in [9.17, 15) is 4.79 Å². The van der Waals surface area contributed by atoms with Crippen molar-refractivity contribution in [2.45, 2.75) is 46.0 Å². The van der Waals surface area contributed by atoms with Gasteiger partial charge in [-0.3, -0.25) is 9.79 Å². The first-order valence-electron chi connectivity index (χ1n) is 8.19. The molecule has 0 heterocycles. The van der Waals surface area contributed by atoms with Crippen LogP contribution in [0.3, 0.4) is 0 Å². The highest BCUT2D eigenvalue weighted by Gasteiger charge is 2.00. The van der Waals surface area contributed by atoms with E-state index in [1.54, 1.807) is 7.05 Å². The molecule has 0 unspecified atom stereocenters. The molecule has 0 atom stereocenters. The molecule has 0 bridgehead atoms. The molecule has 0 rings (SSSR count). The normalized spacial score (nSPS) is 11.6. The monoisotopic (exact) mass is 315 g/mol. The fraction of sp³-hybridized carbons (Fsp3) is 0.875. The average Bonchev–Trinajstić information content (AvgIpc) is 2.51. The van der Waals surface area contributed by atoms with Crippen LogP contribution in [0.25, 0.3) is 0 Å². The molecule has 0 spiro atoms. The molecule has 0 radical (unpaired) electrons. The van der Waals surface area contributed by atoms with E-state index in [4.69, 9.17) is 4.74 Å². The second-order valence-corrected chi connectivity index (χ2v) is 5.63. The molecule has 0 aromatic heterocycles. The van der Waals surface area contributed by atoms with Crippen LogP contribution in [0.15, 0.2) is 4.99 Å². The fourth-order valence-corrected chi connectivity index (χ4v) is 1.80. The van der Waals surface area contributed by atoms with Crippen molar-refractivity contribution in [1.29, 1.82) is 0 Å². The lowest BCUT2D eigenvalue weighted by atomic mass is 10.2. The molecule has 0 aliphatic carbocycles. The number of hydrogen-bond acceptors (Lipinski definition) is 4. The number of carbonyl (C=O) groups excluding carboxylic acids is 1. The van der Waals surface area contributed by atoms with Crippen LogP contribution in [0.2, 0.25) is 0 Å². The molecule has 0 amide bonds. The van der Waals surface area contributed by atoms with Gasteiger partial charge in [0.1, 0.15) is 0 Å². The van der Waals surface area contributed by atoms with Crippen molar-refractivity contribution < 1.29 is 14.3 Å². The molecule has 0 fully saturated rings. The van der Waals surface area contributed by atoms with E-state index in [0.717, 1.165) is 57.9 Å². The number of esters is 1. The zero-order valence-corrected chi connectivity index (χ0v) is 14.6. The van der Waals surface area contributed by atoms with E-state index >= 15 is 0 Å². The van der Waals surface area contributed by atoms with Crippen molar-refractivity contribution >= 4 is 11.9 Å². The summed E-state index contributed by atoms with van der Waals surface area (Å²) in [6.07, 6.45) is 4.34. The summed E-state index contributed by atoms with van der Waals surface area (Å²) in [6.45, 7) is 7.59. The minimum Gasteiger partial charge on any atom is -0.469 e. The van der Waals surface area contributed by atoms with Crippen LogP contribution in [0.1, 0.15) is 46.0 Å². The van der Waals surface area contributed by atoms with E-state index in [0.29, 0.717) is 12.3 Å². The minimum absolute atomic E-state index is 0.134. The number of aliphatic imine (C=N–C) groups is 1. The van der Waals surface area contributed by atoms with Gasteiger partial charge in [-0.25, -0.2) is 0 Å². The standard InChI is InChI=1S/C16H33N3O3/c1-14(2)13-22-12-8-11-19-16(17-3)18-10-7-5-6-9-15(20)21-4/h14H,5-13H2,1-4H3,(H2,17,18,19). The number of carbonyl (C=O) groups is 1. The highest BCUT2D eigenvalue weighted by atomic mass is 16.5. The van der Waals surface area contributed by atoms with Gasteiger partial charge in [0, 0.05) is 39.8 Å². The van der Waals surface area contributed by atoms with Gasteiger partial charge >= 0.3 is 5.97 Å². The Balaban J connectivity index is 3.46. The predicted octanol–water partition coefficient (Wildman–Crippen LogP) is 1.95. The van der Waals surface area contributed by atoms with Crippen LogP contribution >= 0.6 is 0 Å². The Bertz CT molecular complexity index is 307. The average molecular weight is 315 g/mol. The SMILES string of the molecule is CN=C(NCCCCCC(=O)OC)NCCCOCC(C)C. The van der Waals surface area contributed by atoms with Crippen LogP contribution in [-0.4, -0.2) is 52.4 Å². The third-order valence-electron chi connectivity index (χ3n) is 3.01. The molecule has 2 N–H and O–H groups in total. The predicted molar refractivity (Wildman–Crippen MR) is 90.1 cm³/mol. The number of nitrogens with one attached hydrogen (secondary N) is 2. The first-order chi connectivity index (χ1) is 10.6. The summed E-state index contributed by atoms with van der Waals surface area (Å²) in [4.78, 5) is 15.1. The maximum Gasteiger partial charge on any atom is 0.305 e. The Kier molecular flexibility index (Phi) is 13.8. The van der Waals surface area contributed by atoms with Crippen LogP contribution < -0.4 is 10.6 Å². The molecule has 6 heteroatoms. The van der Waals surface area contributed by atoms with Crippen LogP contribution in [0.5, 0.6) is 0 Å². The van der Waals surface area contributed by atoms with Gasteiger partial charge < -0.3 is 20.1 Å². The molecular formula is C16H33N3O3. The number of unbranched alkanes of at least 4 members (excludes halogenated alkanes) is 2. The van der Waals surface area contributed by atoms with Crippen LogP contribution in [-0.2, 0) is 14.3 Å². The second kappa shape index (κ2) is 14.6. The quantitative estimate of drug-likeness (QED) is 0.249. The van der Waals surface area contributed by atoms with E-state index < -0.39 is 0 Å². The smallest absolute Gasteiger partial charge is 0.305 e. The number of rotatable bonds is 12. The molecule has 22 heavy (non-hydrogen) atoms. The fourth-order valence-electron chi connectivity index (χ4n) is 1.80. The van der Waals surface area contributed by atoms with Gasteiger partial charge in [-0.05, 0) is 25.2 Å². The highest BCUT2D eigenvalue weighted by Crippen LogP contribution is 2.00. The summed E-state index contributed by atoms with van der Waals surface area (Å²) in [6, 6.07) is 0. The van der Waals surface area contributed by atoms with Crippen LogP contribution in [0, 0.1) is 5.92 Å². The molecule has 130 valence electrons. The molecular weight excluding hydrogens is 282 g/mol. The van der Waals surface area contributed by atoms with E-state index in [1.165, 1.54) is 7.11 Å². The van der Waals surface area contributed by atoms with Gasteiger partial charge in [0.2, 0.25) is 0 Å². The van der Waals surface area contributed by atoms with Crippen molar-refractivity contribution in [1.82, 2.24) is 10.6 Å². The Morgan fingerprint density at radius 1 is 1.09 bits per heavy atom. The van der Waals surface area contributed by atoms with E-state index in [1.807, 2.05) is 0 Å². The number of nitrogens with zero attached hydrogens (tertiary/aromatic N) is 1. The van der Waals surface area contributed by atoms with Gasteiger partial charge in [0.05, 0.1) is 7.11 Å². The summed E-state index contributed by atoms with van der Waals surface area (Å²) in [5, 5.41) is 6.52. The number of methoxy groups -OCH3 is 1. The molecule has 0 saturated heterocycles. The lowest BCUT2D eigenvalue weighted by Gasteiger charge is -2.12. The summed E-state index contributed by atoms with van der Waals surface area (Å²) >= 11 is 0. The lowest BCUT2D eigenvalue weighted by Crippen LogP contribution is -2.38. The second-order valence-electron chi connectivity index (χ2n) is 5.63. The van der Waals surface area contributed by atoms with E-state index in [-0.39, 0.29) is 5.97 Å². The topological polar surface area (TPSA) is 72.0 Å². The van der Waals surface area contributed by atoms with Crippen molar-refractivity contribution in [3.8, 4) is 0 Å². The summed E-state index contributed by atoms with van der Waals surface area (Å²) < 4.78 is 10.1. The lowest BCUT2D eigenvalue weighted by molar-refractivity contribution is -0.140. The van der Waals surface area contributed by atoms with Crippen molar-refractivity contribution in [2.75, 3.05) is 40.5 Å². The largest absolute Gasteiger partial charge is 0.469 e. The number of ether oxygens (including phenoxy) is 2. The number of guanidine groups is 1. The maximum absolute atomic E-state index is 11.0. The summed E-state index contributed by atoms with van der Waals surface area (Å²) in [5.41, 5.74) is 0. The first kappa shape index (κ1) is 20.7. The van der Waals surface area contributed by atoms with Crippen molar-refractivity contribution in [3.63, 3.8) is 0 Å². The van der Waals surface area contributed by atoms with Gasteiger partial charge in [0.15, 0.2) is 5.96 Å². The zero-order chi connectivity index (χ0) is 16.6. The molecule has 0 aliphatic heterocycles. The van der Waals surface area contributed by atoms with Gasteiger partial charge in [0.25, 0.3) is 0 Å².